The number of imide groups is 1. The molecule has 0 aromatic rings. The lowest BCUT2D eigenvalue weighted by Gasteiger charge is -2.18. The average Bonchev–Trinajstić information content (AvgIpc) is 1.89. The minimum Gasteiger partial charge on any atom is -0.328 e. The van der Waals surface area contributed by atoms with Gasteiger partial charge in [0, 0.05) is 6.54 Å². The third-order valence-electron chi connectivity index (χ3n) is 1.13. The maximum absolute atomic E-state index is 10.7. The first-order chi connectivity index (χ1) is 4.54. The third-order valence-corrected chi connectivity index (χ3v) is 1.13. The van der Waals surface area contributed by atoms with Crippen molar-refractivity contribution >= 4 is 12.3 Å². The summed E-state index contributed by atoms with van der Waals surface area (Å²) in [7, 11) is 0. The van der Waals surface area contributed by atoms with Gasteiger partial charge >= 0.3 is 0 Å². The highest BCUT2D eigenvalue weighted by Crippen LogP contribution is 1.93. The van der Waals surface area contributed by atoms with Crippen LogP contribution in [-0.2, 0) is 9.59 Å². The topological polar surface area (TPSA) is 98.2 Å². The molecule has 0 aliphatic carbocycles. The van der Waals surface area contributed by atoms with Crippen LogP contribution in [0.4, 0.5) is 0 Å². The summed E-state index contributed by atoms with van der Waals surface area (Å²) in [6.45, 7) is 1.46. The Bertz CT molecular complexity index is 144. The first kappa shape index (κ1) is 9.06. The van der Waals surface area contributed by atoms with Crippen molar-refractivity contribution in [1.29, 1.82) is 0 Å². The van der Waals surface area contributed by atoms with E-state index in [0.29, 0.717) is 0 Å². The van der Waals surface area contributed by atoms with Crippen LogP contribution < -0.4 is 16.8 Å². The highest BCUT2D eigenvalue weighted by atomic mass is 16.2. The summed E-state index contributed by atoms with van der Waals surface area (Å²) >= 11 is 0. The highest BCUT2D eigenvalue weighted by Gasteiger charge is 2.25. The van der Waals surface area contributed by atoms with Crippen molar-refractivity contribution in [3.05, 3.63) is 0 Å². The number of carbonyl (C=O) groups is 2. The summed E-state index contributed by atoms with van der Waals surface area (Å²) in [5.74, 6) is -0.565. The molecule has 0 spiro atoms. The minimum atomic E-state index is -1.15. The van der Waals surface area contributed by atoms with Crippen molar-refractivity contribution in [2.24, 2.45) is 11.5 Å². The number of hydrogen-bond acceptors (Lipinski definition) is 4. The molecule has 1 atom stereocenters. The monoisotopic (exact) mass is 145 g/mol. The van der Waals surface area contributed by atoms with E-state index >= 15 is 0 Å². The summed E-state index contributed by atoms with van der Waals surface area (Å²) in [6, 6.07) is 0. The lowest BCUT2D eigenvalue weighted by molar-refractivity contribution is -0.128. The molecule has 1 unspecified atom stereocenters. The number of nitrogens with two attached hydrogens (primary N) is 2. The second-order valence-electron chi connectivity index (χ2n) is 2.21. The molecule has 58 valence electrons. The van der Waals surface area contributed by atoms with Crippen LogP contribution in [0.5, 0.6) is 0 Å². The Morgan fingerprint density at radius 1 is 1.80 bits per heavy atom. The average molecular weight is 145 g/mol. The molecule has 0 heterocycles. The lowest BCUT2D eigenvalue weighted by Crippen LogP contribution is -2.56. The molecule has 10 heavy (non-hydrogen) atoms. The molecule has 5 N–H and O–H groups in total. The van der Waals surface area contributed by atoms with Crippen molar-refractivity contribution in [1.82, 2.24) is 5.32 Å². The third kappa shape index (κ3) is 2.12. The highest BCUT2D eigenvalue weighted by molar-refractivity contribution is 5.93. The van der Waals surface area contributed by atoms with Crippen LogP contribution in [0.15, 0.2) is 0 Å². The van der Waals surface area contributed by atoms with Gasteiger partial charge in [0.05, 0.1) is 0 Å². The maximum Gasteiger partial charge on any atom is 0.247 e. The molecule has 0 rings (SSSR count). The van der Waals surface area contributed by atoms with E-state index < -0.39 is 11.4 Å². The summed E-state index contributed by atoms with van der Waals surface area (Å²) in [5, 5.41) is 1.91. The number of hydrogen-bond donors (Lipinski definition) is 3. The van der Waals surface area contributed by atoms with Crippen LogP contribution in [0.2, 0.25) is 0 Å². The van der Waals surface area contributed by atoms with Gasteiger partial charge in [0.1, 0.15) is 5.54 Å². The van der Waals surface area contributed by atoms with Gasteiger partial charge in [-0.1, -0.05) is 0 Å². The van der Waals surface area contributed by atoms with E-state index in [2.05, 4.69) is 0 Å². The molecule has 0 bridgehead atoms. The fourth-order valence-corrected chi connectivity index (χ4v) is 0.311. The zero-order valence-electron chi connectivity index (χ0n) is 5.76. The smallest absolute Gasteiger partial charge is 0.247 e. The van der Waals surface area contributed by atoms with Gasteiger partial charge in [0.15, 0.2) is 0 Å². The molecule has 0 saturated carbocycles. The van der Waals surface area contributed by atoms with Gasteiger partial charge in [0.25, 0.3) is 0 Å². The van der Waals surface area contributed by atoms with Crippen LogP contribution in [0.3, 0.4) is 0 Å². The van der Waals surface area contributed by atoms with Gasteiger partial charge < -0.3 is 11.5 Å². The fourth-order valence-electron chi connectivity index (χ4n) is 0.311. The normalized spacial score (nSPS) is 15.5. The molecule has 5 heteroatoms. The quantitative estimate of drug-likeness (QED) is 0.397. The molecular weight excluding hydrogens is 134 g/mol. The second kappa shape index (κ2) is 3.28. The van der Waals surface area contributed by atoms with Gasteiger partial charge in [-0.15, -0.1) is 0 Å². The van der Waals surface area contributed by atoms with Crippen molar-refractivity contribution in [2.45, 2.75) is 12.5 Å². The molecule has 0 saturated heterocycles. The Morgan fingerprint density at radius 2 is 2.30 bits per heavy atom. The summed E-state index contributed by atoms with van der Waals surface area (Å²) in [5.41, 5.74) is 9.33. The largest absolute Gasteiger partial charge is 0.328 e. The van der Waals surface area contributed by atoms with E-state index in [1.54, 1.807) is 0 Å². The summed E-state index contributed by atoms with van der Waals surface area (Å²) in [4.78, 5) is 20.5. The fraction of sp³-hybridized carbons (Fsp3) is 0.600. The molecule has 0 fully saturated rings. The maximum atomic E-state index is 10.7. The van der Waals surface area contributed by atoms with Gasteiger partial charge in [-0.05, 0) is 6.92 Å². The Labute approximate surface area is 58.8 Å². The Morgan fingerprint density at radius 3 is 2.60 bits per heavy atom. The van der Waals surface area contributed by atoms with Crippen molar-refractivity contribution in [3.8, 4) is 0 Å². The molecule has 0 radical (unpaired) electrons. The molecule has 0 aromatic carbocycles. The predicted octanol–water partition coefficient (Wildman–Crippen LogP) is -2.06. The van der Waals surface area contributed by atoms with E-state index in [9.17, 15) is 9.59 Å². The Balaban J connectivity index is 4.03. The Kier molecular flexibility index (Phi) is 2.98. The van der Waals surface area contributed by atoms with Crippen LogP contribution in [0.25, 0.3) is 0 Å². The first-order valence-corrected chi connectivity index (χ1v) is 2.78. The molecule has 5 nitrogen and oxygen atoms in total. The number of amides is 2. The molecule has 0 aliphatic rings. The summed E-state index contributed by atoms with van der Waals surface area (Å²) in [6.07, 6.45) is 0.281. The van der Waals surface area contributed by atoms with Gasteiger partial charge in [-0.25, -0.2) is 0 Å². The van der Waals surface area contributed by atoms with Gasteiger partial charge in [-0.2, -0.15) is 0 Å². The van der Waals surface area contributed by atoms with Crippen molar-refractivity contribution in [2.75, 3.05) is 6.54 Å². The zero-order valence-corrected chi connectivity index (χ0v) is 5.76. The van der Waals surface area contributed by atoms with Crippen LogP contribution in [-0.4, -0.2) is 24.4 Å². The SMILES string of the molecule is CC(N)(CN)C(=O)NC=O. The molecule has 0 aromatic heterocycles. The molecule has 0 aliphatic heterocycles. The molecule has 2 amide bonds. The van der Waals surface area contributed by atoms with E-state index in [1.165, 1.54) is 6.92 Å². The first-order valence-electron chi connectivity index (χ1n) is 2.78. The van der Waals surface area contributed by atoms with E-state index in [-0.39, 0.29) is 13.0 Å². The number of rotatable bonds is 3. The van der Waals surface area contributed by atoms with Crippen molar-refractivity contribution < 1.29 is 9.59 Å². The minimum absolute atomic E-state index is 0.00662. The van der Waals surface area contributed by atoms with Crippen LogP contribution in [0.1, 0.15) is 6.92 Å². The van der Waals surface area contributed by atoms with E-state index in [1.807, 2.05) is 5.32 Å². The predicted molar refractivity (Wildman–Crippen MR) is 35.9 cm³/mol. The number of nitrogens with one attached hydrogen (secondary N) is 1. The Hall–Kier alpha value is -0.940. The molecular formula is C5H11N3O2. The van der Waals surface area contributed by atoms with Gasteiger partial charge in [0.2, 0.25) is 12.3 Å². The van der Waals surface area contributed by atoms with Crippen molar-refractivity contribution in [3.63, 3.8) is 0 Å². The van der Waals surface area contributed by atoms with Crippen LogP contribution in [0, 0.1) is 0 Å². The van der Waals surface area contributed by atoms with E-state index in [4.69, 9.17) is 11.5 Å². The number of carbonyl (C=O) groups excluding carboxylic acids is 2. The standard InChI is InChI=1S/C5H11N3O2/c1-5(7,2-6)4(10)8-3-9/h3H,2,6-7H2,1H3,(H,8,9,10). The van der Waals surface area contributed by atoms with Crippen LogP contribution >= 0.6 is 0 Å². The van der Waals surface area contributed by atoms with Gasteiger partial charge in [-0.3, -0.25) is 14.9 Å². The van der Waals surface area contributed by atoms with E-state index in [0.717, 1.165) is 0 Å². The summed E-state index contributed by atoms with van der Waals surface area (Å²) < 4.78 is 0. The second-order valence-corrected chi connectivity index (χ2v) is 2.21. The zero-order chi connectivity index (χ0) is 8.20. The lowest BCUT2D eigenvalue weighted by atomic mass is 10.0.